The van der Waals surface area contributed by atoms with Gasteiger partial charge < -0.3 is 0 Å². The molecule has 0 N–H and O–H groups in total. The molecule has 3 saturated carbocycles. The summed E-state index contributed by atoms with van der Waals surface area (Å²) in [6.45, 7) is 2.27. The maximum Gasteiger partial charge on any atom is -0.0128 e. The van der Waals surface area contributed by atoms with Crippen LogP contribution in [0.5, 0.6) is 0 Å². The van der Waals surface area contributed by atoms with Crippen LogP contribution in [0.25, 0.3) is 0 Å². The monoisotopic (exact) mass is 264 g/mol. The molecule has 0 aliphatic heterocycles. The Labute approximate surface area is 122 Å². The molecule has 0 spiro atoms. The second-order valence-electron chi connectivity index (χ2n) is 7.70. The Morgan fingerprint density at radius 2 is 1.85 bits per heavy atom. The summed E-state index contributed by atoms with van der Waals surface area (Å²) >= 11 is 0. The summed E-state index contributed by atoms with van der Waals surface area (Å²) in [5.74, 6) is 6.93. The van der Waals surface area contributed by atoms with Gasteiger partial charge in [-0.05, 0) is 78.2 Å². The molecule has 1 aromatic carbocycles. The molecule has 4 aliphatic carbocycles. The lowest BCUT2D eigenvalue weighted by atomic mass is 9.68. The molecule has 0 radical (unpaired) electrons. The number of benzene rings is 1. The minimum absolute atomic E-state index is 0.875. The van der Waals surface area contributed by atoms with Crippen molar-refractivity contribution in [3.8, 4) is 0 Å². The van der Waals surface area contributed by atoms with Crippen molar-refractivity contribution in [3.63, 3.8) is 0 Å². The molecule has 0 saturated heterocycles. The summed E-state index contributed by atoms with van der Waals surface area (Å²) < 4.78 is 0. The fourth-order valence-electron chi connectivity index (χ4n) is 6.44. The fourth-order valence-corrected chi connectivity index (χ4v) is 6.44. The van der Waals surface area contributed by atoms with Crippen LogP contribution in [0, 0.1) is 35.5 Å². The normalized spacial score (nSPS) is 47.1. The first-order chi connectivity index (χ1) is 9.85. The Kier molecular flexibility index (Phi) is 2.32. The highest BCUT2D eigenvalue weighted by atomic mass is 14.6. The molecule has 4 bridgehead atoms. The molecule has 7 atom stereocenters. The van der Waals surface area contributed by atoms with Gasteiger partial charge in [0.15, 0.2) is 0 Å². The Hall–Kier alpha value is -1.04. The smallest absolute Gasteiger partial charge is 0.0128 e. The van der Waals surface area contributed by atoms with E-state index in [4.69, 9.17) is 0 Å². The van der Waals surface area contributed by atoms with E-state index < -0.39 is 0 Å². The summed E-state index contributed by atoms with van der Waals surface area (Å²) in [6, 6.07) is 9.49. The van der Waals surface area contributed by atoms with E-state index >= 15 is 0 Å². The third kappa shape index (κ3) is 1.38. The van der Waals surface area contributed by atoms with Gasteiger partial charge in [-0.2, -0.15) is 0 Å². The van der Waals surface area contributed by atoms with Crippen LogP contribution in [0.3, 0.4) is 0 Å². The molecule has 0 heteroatoms. The summed E-state index contributed by atoms with van der Waals surface area (Å²) in [4.78, 5) is 0. The standard InChI is InChI=1S/C20H24/c1-2-12-4-3-5-13(8-12)17-10-16-11-18(17)20-15-7-6-14(9-15)19(16)20/h3-8,14-20H,2,9-11H2,1H3. The number of hydrogen-bond acceptors (Lipinski definition) is 0. The van der Waals surface area contributed by atoms with Crippen LogP contribution in [0.15, 0.2) is 36.4 Å². The van der Waals surface area contributed by atoms with Crippen LogP contribution in [0.2, 0.25) is 0 Å². The van der Waals surface area contributed by atoms with Crippen molar-refractivity contribution in [2.75, 3.05) is 0 Å². The molecule has 1 aromatic rings. The van der Waals surface area contributed by atoms with Crippen LogP contribution in [0.1, 0.15) is 43.2 Å². The molecule has 104 valence electrons. The van der Waals surface area contributed by atoms with Crippen molar-refractivity contribution in [1.29, 1.82) is 0 Å². The van der Waals surface area contributed by atoms with Gasteiger partial charge in [0.25, 0.3) is 0 Å². The predicted molar refractivity (Wildman–Crippen MR) is 82.5 cm³/mol. The van der Waals surface area contributed by atoms with Crippen LogP contribution in [0.4, 0.5) is 0 Å². The van der Waals surface area contributed by atoms with Crippen LogP contribution in [-0.2, 0) is 6.42 Å². The van der Waals surface area contributed by atoms with E-state index in [0.29, 0.717) is 0 Å². The number of allylic oxidation sites excluding steroid dienone is 2. The highest BCUT2D eigenvalue weighted by Gasteiger charge is 2.60. The first-order valence-electron chi connectivity index (χ1n) is 8.62. The molecule has 7 unspecified atom stereocenters. The van der Waals surface area contributed by atoms with E-state index in [-0.39, 0.29) is 0 Å². The van der Waals surface area contributed by atoms with E-state index in [1.165, 1.54) is 31.2 Å². The highest BCUT2D eigenvalue weighted by molar-refractivity contribution is 5.31. The van der Waals surface area contributed by atoms with Crippen molar-refractivity contribution in [3.05, 3.63) is 47.5 Å². The molecule has 0 heterocycles. The molecule has 5 rings (SSSR count). The highest BCUT2D eigenvalue weighted by Crippen LogP contribution is 2.68. The van der Waals surface area contributed by atoms with Gasteiger partial charge in [0.1, 0.15) is 0 Å². The van der Waals surface area contributed by atoms with Crippen LogP contribution < -0.4 is 0 Å². The van der Waals surface area contributed by atoms with Gasteiger partial charge in [0.2, 0.25) is 0 Å². The number of hydrogen-bond donors (Lipinski definition) is 0. The largest absolute Gasteiger partial charge is 0.0848 e. The molecule has 4 aliphatic rings. The van der Waals surface area contributed by atoms with E-state index in [1.807, 2.05) is 0 Å². The van der Waals surface area contributed by atoms with Crippen LogP contribution in [-0.4, -0.2) is 0 Å². The zero-order valence-electron chi connectivity index (χ0n) is 12.3. The van der Waals surface area contributed by atoms with Gasteiger partial charge in [0, 0.05) is 0 Å². The average molecular weight is 264 g/mol. The van der Waals surface area contributed by atoms with Crippen molar-refractivity contribution in [2.24, 2.45) is 35.5 Å². The zero-order chi connectivity index (χ0) is 13.3. The fraction of sp³-hybridized carbons (Fsp3) is 0.600. The lowest BCUT2D eigenvalue weighted by Gasteiger charge is -2.37. The van der Waals surface area contributed by atoms with E-state index in [1.54, 1.807) is 5.56 Å². The SMILES string of the molecule is CCc1cccc(C2CC3CC2C2C4C=CC(C4)C32)c1. The quantitative estimate of drug-likeness (QED) is 0.531. The third-order valence-corrected chi connectivity index (χ3v) is 7.06. The Morgan fingerprint density at radius 1 is 1.00 bits per heavy atom. The van der Waals surface area contributed by atoms with Gasteiger partial charge in [-0.25, -0.2) is 0 Å². The molecule has 20 heavy (non-hydrogen) atoms. The Morgan fingerprint density at radius 3 is 2.70 bits per heavy atom. The summed E-state index contributed by atoms with van der Waals surface area (Å²) in [5.41, 5.74) is 3.18. The zero-order valence-corrected chi connectivity index (χ0v) is 12.3. The third-order valence-electron chi connectivity index (χ3n) is 7.06. The number of fused-ring (bicyclic) bond motifs is 9. The molecular formula is C20H24. The van der Waals surface area contributed by atoms with E-state index in [0.717, 1.165) is 41.4 Å². The Bertz CT molecular complexity index is 569. The topological polar surface area (TPSA) is 0 Å². The van der Waals surface area contributed by atoms with Gasteiger partial charge >= 0.3 is 0 Å². The van der Waals surface area contributed by atoms with Gasteiger partial charge in [-0.3, -0.25) is 0 Å². The molecule has 0 amide bonds. The first-order valence-corrected chi connectivity index (χ1v) is 8.62. The lowest BCUT2D eigenvalue weighted by Crippen LogP contribution is -2.30. The van der Waals surface area contributed by atoms with E-state index in [2.05, 4.69) is 43.3 Å². The number of aryl methyl sites for hydroxylation is 1. The molecule has 3 fully saturated rings. The molecule has 0 aromatic heterocycles. The van der Waals surface area contributed by atoms with Gasteiger partial charge in [-0.15, -0.1) is 0 Å². The lowest BCUT2D eigenvalue weighted by molar-refractivity contribution is 0.185. The minimum atomic E-state index is 0.875. The van der Waals surface area contributed by atoms with Crippen molar-refractivity contribution >= 4 is 0 Å². The maximum absolute atomic E-state index is 2.56. The average Bonchev–Trinajstić information content (AvgIpc) is 3.24. The van der Waals surface area contributed by atoms with E-state index in [9.17, 15) is 0 Å². The predicted octanol–water partition coefficient (Wildman–Crippen LogP) is 4.81. The number of rotatable bonds is 2. The van der Waals surface area contributed by atoms with Gasteiger partial charge in [0.05, 0.1) is 0 Å². The minimum Gasteiger partial charge on any atom is -0.0848 e. The van der Waals surface area contributed by atoms with Crippen molar-refractivity contribution in [1.82, 2.24) is 0 Å². The summed E-state index contributed by atoms with van der Waals surface area (Å²) in [7, 11) is 0. The summed E-state index contributed by atoms with van der Waals surface area (Å²) in [6.07, 6.45) is 10.8. The van der Waals surface area contributed by atoms with Crippen LogP contribution >= 0.6 is 0 Å². The molecule has 0 nitrogen and oxygen atoms in total. The Balaban J connectivity index is 1.49. The first kappa shape index (κ1) is 11.6. The second kappa shape index (κ2) is 4.00. The summed E-state index contributed by atoms with van der Waals surface area (Å²) in [5, 5.41) is 0. The second-order valence-corrected chi connectivity index (χ2v) is 7.70. The molecular weight excluding hydrogens is 240 g/mol. The van der Waals surface area contributed by atoms with Crippen molar-refractivity contribution in [2.45, 2.75) is 38.5 Å². The van der Waals surface area contributed by atoms with Gasteiger partial charge in [-0.1, -0.05) is 43.3 Å². The van der Waals surface area contributed by atoms with Crippen molar-refractivity contribution < 1.29 is 0 Å². The maximum atomic E-state index is 2.56.